The highest BCUT2D eigenvalue weighted by atomic mass is 35.5. The van der Waals surface area contributed by atoms with E-state index in [1.54, 1.807) is 72.8 Å². The molecule has 2 bridgehead atoms. The molecule has 5 aromatic rings. The number of pyridine rings is 1. The van der Waals surface area contributed by atoms with Gasteiger partial charge in [-0.25, -0.2) is 9.78 Å². The van der Waals surface area contributed by atoms with Gasteiger partial charge in [-0.05, 0) is 91.4 Å². The van der Waals surface area contributed by atoms with Crippen LogP contribution in [0.2, 0.25) is 5.02 Å². The zero-order chi connectivity index (χ0) is 34.5. The molecule has 8 rings (SSSR count). The standard InChI is InChI=1S/C41H31ClN2O6/c1-23(38(45)26-11-16-31(17-12-26)49-22-24-5-3-2-4-6-24)50-41(48)33-21-35(43-34-18-13-29(42)20-32(33)34)25-9-14-30(15-10-25)44-39(46)36-27-7-8-28(19-27)37(36)40(44)47/h2-18,20-21,23,27-28,36-37H,19,22H2,1H3. The van der Waals surface area contributed by atoms with Crippen LogP contribution in [0.1, 0.15) is 39.6 Å². The minimum Gasteiger partial charge on any atom is -0.489 e. The first-order valence-electron chi connectivity index (χ1n) is 16.5. The Kier molecular flexibility index (Phi) is 8.04. The molecule has 2 aliphatic carbocycles. The summed E-state index contributed by atoms with van der Waals surface area (Å²) in [6.45, 7) is 1.93. The fourth-order valence-corrected chi connectivity index (χ4v) is 7.59. The smallest absolute Gasteiger partial charge is 0.339 e. The lowest BCUT2D eigenvalue weighted by Crippen LogP contribution is -2.32. The summed E-state index contributed by atoms with van der Waals surface area (Å²) in [6, 6.07) is 30.1. The minimum absolute atomic E-state index is 0.127. The number of hydrogen-bond donors (Lipinski definition) is 0. The topological polar surface area (TPSA) is 103 Å². The molecule has 2 fully saturated rings. The summed E-state index contributed by atoms with van der Waals surface area (Å²) in [5, 5.41) is 0.892. The molecule has 3 aliphatic rings. The van der Waals surface area contributed by atoms with Gasteiger partial charge in [0, 0.05) is 21.5 Å². The zero-order valence-electron chi connectivity index (χ0n) is 27.0. The Morgan fingerprint density at radius 2 is 1.54 bits per heavy atom. The third-order valence-electron chi connectivity index (χ3n) is 9.92. The molecule has 5 atom stereocenters. The highest BCUT2D eigenvalue weighted by Gasteiger charge is 2.59. The first-order valence-corrected chi connectivity index (χ1v) is 16.9. The second kappa shape index (κ2) is 12.7. The van der Waals surface area contributed by atoms with E-state index in [0.717, 1.165) is 12.0 Å². The van der Waals surface area contributed by atoms with E-state index in [1.165, 1.54) is 11.8 Å². The highest BCUT2D eigenvalue weighted by molar-refractivity contribution is 6.31. The molecular formula is C41H31ClN2O6. The monoisotopic (exact) mass is 682 g/mol. The van der Waals surface area contributed by atoms with Crippen LogP contribution in [0.3, 0.4) is 0 Å². The molecule has 50 heavy (non-hydrogen) atoms. The van der Waals surface area contributed by atoms with E-state index in [-0.39, 0.29) is 46.8 Å². The Bertz CT molecular complexity index is 2170. The molecule has 8 nitrogen and oxygen atoms in total. The molecule has 248 valence electrons. The molecule has 1 saturated heterocycles. The van der Waals surface area contributed by atoms with Crippen LogP contribution in [0.25, 0.3) is 22.2 Å². The van der Waals surface area contributed by atoms with Crippen LogP contribution in [0.15, 0.2) is 115 Å². The number of fused-ring (bicyclic) bond motifs is 6. The molecule has 1 saturated carbocycles. The second-order valence-electron chi connectivity index (χ2n) is 13.0. The maximum atomic E-state index is 13.7. The molecule has 1 aromatic heterocycles. The molecule has 4 aromatic carbocycles. The maximum absolute atomic E-state index is 13.7. The van der Waals surface area contributed by atoms with Crippen molar-refractivity contribution in [2.24, 2.45) is 23.7 Å². The number of carbonyl (C=O) groups excluding carboxylic acids is 4. The first kappa shape index (κ1) is 31.7. The summed E-state index contributed by atoms with van der Waals surface area (Å²) in [5.41, 5.74) is 3.76. The van der Waals surface area contributed by atoms with E-state index in [1.807, 2.05) is 30.3 Å². The molecule has 5 unspecified atom stereocenters. The normalized spacial score (nSPS) is 21.0. The van der Waals surface area contributed by atoms with Gasteiger partial charge in [0.25, 0.3) is 0 Å². The van der Waals surface area contributed by atoms with Crippen LogP contribution in [-0.4, -0.2) is 34.7 Å². The van der Waals surface area contributed by atoms with Crippen LogP contribution in [0, 0.1) is 23.7 Å². The Morgan fingerprint density at radius 3 is 2.22 bits per heavy atom. The van der Waals surface area contributed by atoms with E-state index in [0.29, 0.717) is 50.8 Å². The zero-order valence-corrected chi connectivity index (χ0v) is 27.7. The number of rotatable bonds is 9. The van der Waals surface area contributed by atoms with Crippen LogP contribution < -0.4 is 9.64 Å². The number of benzene rings is 4. The van der Waals surface area contributed by atoms with Crippen molar-refractivity contribution in [1.82, 2.24) is 4.98 Å². The minimum atomic E-state index is -1.08. The number of nitrogens with zero attached hydrogens (tertiary/aromatic N) is 2. The number of allylic oxidation sites excluding steroid dienone is 2. The van der Waals surface area contributed by atoms with Gasteiger partial charge in [0.05, 0.1) is 34.3 Å². The molecule has 9 heteroatoms. The number of ketones is 1. The summed E-state index contributed by atoms with van der Waals surface area (Å²) in [7, 11) is 0. The van der Waals surface area contributed by atoms with Crippen LogP contribution in [-0.2, 0) is 20.9 Å². The summed E-state index contributed by atoms with van der Waals surface area (Å²) in [5.74, 6) is -1.06. The van der Waals surface area contributed by atoms with Gasteiger partial charge < -0.3 is 9.47 Å². The molecule has 2 amide bonds. The van der Waals surface area contributed by atoms with Gasteiger partial charge >= 0.3 is 5.97 Å². The van der Waals surface area contributed by atoms with Gasteiger partial charge in [-0.15, -0.1) is 0 Å². The van der Waals surface area contributed by atoms with Crippen molar-refractivity contribution in [3.8, 4) is 17.0 Å². The molecule has 0 spiro atoms. The maximum Gasteiger partial charge on any atom is 0.339 e. The fourth-order valence-electron chi connectivity index (χ4n) is 7.42. The molecule has 0 N–H and O–H groups in total. The third-order valence-corrected chi connectivity index (χ3v) is 10.2. The Labute approximate surface area is 293 Å². The number of hydrogen-bond acceptors (Lipinski definition) is 7. The lowest BCUT2D eigenvalue weighted by atomic mass is 9.85. The average Bonchev–Trinajstić information content (AvgIpc) is 3.84. The molecular weight excluding hydrogens is 652 g/mol. The number of aromatic nitrogens is 1. The van der Waals surface area contributed by atoms with Crippen molar-refractivity contribution >= 4 is 51.8 Å². The molecule has 2 heterocycles. The summed E-state index contributed by atoms with van der Waals surface area (Å²) < 4.78 is 11.5. The van der Waals surface area contributed by atoms with Gasteiger partial charge in [-0.2, -0.15) is 0 Å². The Balaban J connectivity index is 1.00. The number of halogens is 1. The van der Waals surface area contributed by atoms with Gasteiger partial charge in [-0.1, -0.05) is 66.2 Å². The van der Waals surface area contributed by atoms with Crippen molar-refractivity contribution in [3.63, 3.8) is 0 Å². The fraction of sp³-hybridized carbons (Fsp3) is 0.195. The van der Waals surface area contributed by atoms with Crippen molar-refractivity contribution in [2.75, 3.05) is 4.90 Å². The number of esters is 1. The van der Waals surface area contributed by atoms with Gasteiger partial charge in [-0.3, -0.25) is 19.3 Å². The summed E-state index contributed by atoms with van der Waals surface area (Å²) in [4.78, 5) is 59.7. The van der Waals surface area contributed by atoms with E-state index < -0.39 is 12.1 Å². The lowest BCUT2D eigenvalue weighted by Gasteiger charge is -2.18. The Morgan fingerprint density at radius 1 is 0.860 bits per heavy atom. The van der Waals surface area contributed by atoms with E-state index in [2.05, 4.69) is 12.2 Å². The van der Waals surface area contributed by atoms with Gasteiger partial charge in [0.1, 0.15) is 12.4 Å². The SMILES string of the molecule is CC(OC(=O)c1cc(-c2ccc(N3C(=O)C4C5C=CC(C5)C4C3=O)cc2)nc2ccc(Cl)cc12)C(=O)c1ccc(OCc2ccccc2)cc1. The third kappa shape index (κ3) is 5.65. The average molecular weight is 683 g/mol. The number of imide groups is 1. The first-order chi connectivity index (χ1) is 24.2. The number of carbonyl (C=O) groups is 4. The number of amides is 2. The number of ether oxygens (including phenoxy) is 2. The highest BCUT2D eigenvalue weighted by Crippen LogP contribution is 2.53. The summed E-state index contributed by atoms with van der Waals surface area (Å²) in [6.07, 6.45) is 3.93. The quantitative estimate of drug-likeness (QED) is 0.0675. The largest absolute Gasteiger partial charge is 0.489 e. The van der Waals surface area contributed by atoms with Crippen LogP contribution in [0.5, 0.6) is 5.75 Å². The molecule has 1 aliphatic heterocycles. The Hall–Kier alpha value is -5.60. The van der Waals surface area contributed by atoms with Crippen molar-refractivity contribution < 1.29 is 28.7 Å². The van der Waals surface area contributed by atoms with E-state index in [4.69, 9.17) is 26.1 Å². The van der Waals surface area contributed by atoms with Gasteiger partial charge in [0.15, 0.2) is 6.10 Å². The van der Waals surface area contributed by atoms with E-state index >= 15 is 0 Å². The van der Waals surface area contributed by atoms with Crippen molar-refractivity contribution in [1.29, 1.82) is 0 Å². The lowest BCUT2D eigenvalue weighted by molar-refractivity contribution is -0.123. The van der Waals surface area contributed by atoms with E-state index in [9.17, 15) is 19.2 Å². The predicted molar refractivity (Wildman–Crippen MR) is 189 cm³/mol. The second-order valence-corrected chi connectivity index (χ2v) is 13.4. The number of Topliss-reactive ketones (excluding diaryl/α,β-unsaturated/α-hetero) is 1. The van der Waals surface area contributed by atoms with Crippen molar-refractivity contribution in [2.45, 2.75) is 26.1 Å². The van der Waals surface area contributed by atoms with Gasteiger partial charge in [0.2, 0.25) is 17.6 Å². The summed E-state index contributed by atoms with van der Waals surface area (Å²) >= 11 is 6.31. The van der Waals surface area contributed by atoms with Crippen molar-refractivity contribution in [3.05, 3.63) is 137 Å². The van der Waals surface area contributed by atoms with Crippen LogP contribution >= 0.6 is 11.6 Å². The number of anilines is 1. The van der Waals surface area contributed by atoms with Crippen LogP contribution in [0.4, 0.5) is 5.69 Å². The predicted octanol–water partition coefficient (Wildman–Crippen LogP) is 7.87. The molecule has 0 radical (unpaired) electrons.